The van der Waals surface area contributed by atoms with E-state index in [9.17, 15) is 19.5 Å². The van der Waals surface area contributed by atoms with Crippen molar-refractivity contribution in [2.24, 2.45) is 17.8 Å². The molecule has 0 spiro atoms. The van der Waals surface area contributed by atoms with Gasteiger partial charge in [-0.25, -0.2) is 9.59 Å². The Morgan fingerprint density at radius 2 is 1.64 bits per heavy atom. The molecule has 6 heterocycles. The highest BCUT2D eigenvalue weighted by atomic mass is 16.8. The quantitative estimate of drug-likeness (QED) is 0.295. The van der Waals surface area contributed by atoms with E-state index in [-0.39, 0.29) is 18.6 Å². The van der Waals surface area contributed by atoms with Crippen LogP contribution in [-0.4, -0.2) is 127 Å². The molecule has 0 aromatic carbocycles. The number of aliphatic hydroxyl groups is 1. The number of hydrogen-bond acceptors (Lipinski definition) is 14. The van der Waals surface area contributed by atoms with E-state index in [4.69, 9.17) is 47.4 Å². The number of carbonyl (C=O) groups excluding carboxylic acids is 3. The lowest BCUT2D eigenvalue weighted by Gasteiger charge is -2.48. The van der Waals surface area contributed by atoms with E-state index in [0.717, 1.165) is 5.57 Å². The zero-order valence-corrected chi connectivity index (χ0v) is 33.1. The molecule has 15 heteroatoms. The summed E-state index contributed by atoms with van der Waals surface area (Å²) in [7, 11) is 3.23. The first-order valence-electron chi connectivity index (χ1n) is 19.0. The third-order valence-corrected chi connectivity index (χ3v) is 12.7. The molecule has 1 N–H and O–H groups in total. The molecule has 53 heavy (non-hydrogen) atoms. The molecule has 6 aliphatic rings. The van der Waals surface area contributed by atoms with Crippen LogP contribution in [-0.2, 0) is 52.2 Å². The van der Waals surface area contributed by atoms with Crippen molar-refractivity contribution >= 4 is 18.2 Å². The summed E-state index contributed by atoms with van der Waals surface area (Å²) in [5.41, 5.74) is -2.47. The Balaban J connectivity index is 1.44. The number of rotatable bonds is 6. The number of esters is 1. The molecule has 5 saturated heterocycles. The van der Waals surface area contributed by atoms with E-state index in [1.807, 2.05) is 41.5 Å². The lowest BCUT2D eigenvalue weighted by atomic mass is 9.78. The lowest BCUT2D eigenvalue weighted by molar-refractivity contribution is -0.313. The number of amides is 1. The van der Waals surface area contributed by atoms with Crippen LogP contribution >= 0.6 is 0 Å². The van der Waals surface area contributed by atoms with Crippen molar-refractivity contribution in [2.75, 3.05) is 14.2 Å². The molecule has 2 bridgehead atoms. The number of hydrogen-bond donors (Lipinski definition) is 1. The van der Waals surface area contributed by atoms with Crippen LogP contribution in [0.2, 0.25) is 0 Å². The molecule has 0 aromatic heterocycles. The van der Waals surface area contributed by atoms with Crippen LogP contribution in [0.4, 0.5) is 9.59 Å². The van der Waals surface area contributed by atoms with E-state index < -0.39 is 108 Å². The summed E-state index contributed by atoms with van der Waals surface area (Å²) in [4.78, 5) is 41.5. The fourth-order valence-corrected chi connectivity index (χ4v) is 9.66. The van der Waals surface area contributed by atoms with E-state index in [0.29, 0.717) is 25.0 Å². The molecule has 300 valence electrons. The molecule has 15 nitrogen and oxygen atoms in total. The Hall–Kier alpha value is -2.69. The van der Waals surface area contributed by atoms with Crippen LogP contribution in [0.3, 0.4) is 0 Å². The molecular weight excluding hydrogens is 694 g/mol. The Bertz CT molecular complexity index is 1460. The molecular formula is C38H59NO14. The smallest absolute Gasteiger partial charge is 0.488 e. The van der Waals surface area contributed by atoms with Gasteiger partial charge >= 0.3 is 18.2 Å². The van der Waals surface area contributed by atoms with Gasteiger partial charge in [-0.15, -0.1) is 0 Å². The molecule has 1 amide bonds. The second-order valence-corrected chi connectivity index (χ2v) is 16.8. The zero-order valence-electron chi connectivity index (χ0n) is 33.1. The molecule has 6 rings (SSSR count). The molecule has 0 aliphatic carbocycles. The number of ether oxygens (including phenoxy) is 10. The predicted octanol–water partition coefficient (Wildman–Crippen LogP) is 4.60. The van der Waals surface area contributed by atoms with E-state index in [1.165, 1.54) is 7.11 Å². The van der Waals surface area contributed by atoms with E-state index in [2.05, 4.69) is 0 Å². The maximum Gasteiger partial charge on any atom is 0.509 e. The Labute approximate surface area is 312 Å². The normalized spacial score (nSPS) is 49.0. The summed E-state index contributed by atoms with van der Waals surface area (Å²) in [6.45, 7) is 18.5. The minimum atomic E-state index is -1.33. The number of methoxy groups -OCH3 is 1. The second-order valence-electron chi connectivity index (χ2n) is 16.8. The van der Waals surface area contributed by atoms with Crippen molar-refractivity contribution in [1.82, 2.24) is 4.90 Å². The highest BCUT2D eigenvalue weighted by molar-refractivity contribution is 5.73. The first-order chi connectivity index (χ1) is 24.8. The van der Waals surface area contributed by atoms with Crippen molar-refractivity contribution < 1.29 is 66.9 Å². The van der Waals surface area contributed by atoms with Crippen LogP contribution in [0.1, 0.15) is 94.9 Å². The molecule has 5 fully saturated rings. The van der Waals surface area contributed by atoms with E-state index >= 15 is 0 Å². The van der Waals surface area contributed by atoms with Gasteiger partial charge in [-0.05, 0) is 66.9 Å². The first kappa shape index (κ1) is 40.0. The van der Waals surface area contributed by atoms with Crippen LogP contribution in [0.5, 0.6) is 0 Å². The lowest BCUT2D eigenvalue weighted by Crippen LogP contribution is -2.59. The fraction of sp³-hybridized carbons (Fsp3) is 0.868. The number of likely N-dealkylation sites (N-methyl/N-ethyl adjacent to an activating group) is 1. The van der Waals surface area contributed by atoms with Gasteiger partial charge in [-0.2, -0.15) is 0 Å². The number of nitrogens with zero attached hydrogens (tertiary/aromatic N) is 1. The monoisotopic (exact) mass is 753 g/mol. The minimum absolute atomic E-state index is 0.168. The zero-order chi connectivity index (χ0) is 38.9. The van der Waals surface area contributed by atoms with Gasteiger partial charge in [0.1, 0.15) is 29.7 Å². The van der Waals surface area contributed by atoms with Gasteiger partial charge in [-0.1, -0.05) is 20.8 Å². The van der Waals surface area contributed by atoms with Crippen LogP contribution in [0.15, 0.2) is 11.3 Å². The predicted molar refractivity (Wildman–Crippen MR) is 185 cm³/mol. The largest absolute Gasteiger partial charge is 0.509 e. The average Bonchev–Trinajstić information content (AvgIpc) is 3.70. The number of carbonyl (C=O) groups is 3. The molecule has 0 unspecified atom stereocenters. The second kappa shape index (κ2) is 14.4. The summed E-state index contributed by atoms with van der Waals surface area (Å²) in [5, 5.41) is 11.0. The van der Waals surface area contributed by atoms with Crippen LogP contribution in [0.25, 0.3) is 0 Å². The van der Waals surface area contributed by atoms with Gasteiger partial charge in [0, 0.05) is 32.9 Å². The van der Waals surface area contributed by atoms with Crippen molar-refractivity contribution in [3.63, 3.8) is 0 Å². The number of cyclic esters (lactones) is 1. The SMILES string of the molecule is CC[C@H]1OC(=O)[C@H](C)[C@@H](O[C@H]2C[C@@](C)(OC)[C@@H](O)[C@H](C)O2)[C@H](C)[C@@H](O[C@@H]2O[C@H](C)C[C@H]3[C@H]2OC(=O)N3C)[C@@]2(C)CC(C)=C(O2)[C@H](C)[C@H]2OC(=O)O[C@@]21C. The molecule has 17 atom stereocenters. The molecule has 0 radical (unpaired) electrons. The van der Waals surface area contributed by atoms with Gasteiger partial charge in [0.15, 0.2) is 30.4 Å². The van der Waals surface area contributed by atoms with Gasteiger partial charge in [0.05, 0.1) is 41.8 Å². The maximum absolute atomic E-state index is 14.4. The summed E-state index contributed by atoms with van der Waals surface area (Å²) in [6.07, 6.45) is -7.69. The molecule has 0 saturated carbocycles. The topological polar surface area (TPSA) is 167 Å². The third kappa shape index (κ3) is 6.92. The van der Waals surface area contributed by atoms with E-state index in [1.54, 1.807) is 39.6 Å². The fourth-order valence-electron chi connectivity index (χ4n) is 9.66. The Morgan fingerprint density at radius 1 is 0.943 bits per heavy atom. The highest BCUT2D eigenvalue weighted by Gasteiger charge is 2.61. The summed E-state index contributed by atoms with van der Waals surface area (Å²) in [5.74, 6) is -1.98. The van der Waals surface area contributed by atoms with Crippen molar-refractivity contribution in [3.05, 3.63) is 11.3 Å². The molecule has 0 aromatic rings. The van der Waals surface area contributed by atoms with Crippen LogP contribution < -0.4 is 0 Å². The molecule has 6 aliphatic heterocycles. The summed E-state index contributed by atoms with van der Waals surface area (Å²) >= 11 is 0. The summed E-state index contributed by atoms with van der Waals surface area (Å²) in [6, 6.07) is -0.272. The number of aliphatic hydroxyl groups excluding tert-OH is 1. The minimum Gasteiger partial charge on any atom is -0.488 e. The van der Waals surface area contributed by atoms with Gasteiger partial charge in [0.25, 0.3) is 0 Å². The summed E-state index contributed by atoms with van der Waals surface area (Å²) < 4.78 is 62.9. The first-order valence-corrected chi connectivity index (χ1v) is 19.0. The average molecular weight is 754 g/mol. The van der Waals surface area contributed by atoms with Crippen molar-refractivity contribution in [1.29, 1.82) is 0 Å². The standard InChI is InChI=1S/C38H59NO14/c1-13-24-38(10)31(51-35(43)53-38)19(4)26-17(2)15-37(9,52-26)30(50-33-28-23(14-18(3)45-33)39(11)34(42)49-28)20(5)27(21(6)32(41)47-24)48-25-16-36(8,44-12)29(40)22(7)46-25/h18-25,27-31,33,40H,13-16H2,1-12H3/t18-,19+,20+,21-,22+,23+,24-,25+,27+,28-,29+,30-,31-,33+,36-,37-,38-/m1/s1. The Kier molecular flexibility index (Phi) is 10.9. The van der Waals surface area contributed by atoms with Crippen LogP contribution in [0, 0.1) is 17.8 Å². The maximum atomic E-state index is 14.4. The highest BCUT2D eigenvalue weighted by Crippen LogP contribution is 2.49. The number of fused-ring (bicyclic) bond motifs is 4. The van der Waals surface area contributed by atoms with Crippen molar-refractivity contribution in [2.45, 2.75) is 179 Å². The van der Waals surface area contributed by atoms with Gasteiger partial charge < -0.3 is 57.4 Å². The van der Waals surface area contributed by atoms with Gasteiger partial charge in [-0.3, -0.25) is 4.79 Å². The van der Waals surface area contributed by atoms with Crippen molar-refractivity contribution in [3.8, 4) is 0 Å². The third-order valence-electron chi connectivity index (χ3n) is 12.7. The Morgan fingerprint density at radius 3 is 2.30 bits per heavy atom. The van der Waals surface area contributed by atoms with Gasteiger partial charge in [0.2, 0.25) is 0 Å².